The molecule has 0 fully saturated rings. The number of rotatable bonds is 5. The molecule has 1 aromatic carbocycles. The van der Waals surface area contributed by atoms with Crippen LogP contribution < -0.4 is 11.1 Å². The van der Waals surface area contributed by atoms with Gasteiger partial charge in [0.25, 0.3) is 0 Å². The molecule has 5 nitrogen and oxygen atoms in total. The summed E-state index contributed by atoms with van der Waals surface area (Å²) in [5, 5.41) is 2.84. The third-order valence-electron chi connectivity index (χ3n) is 2.56. The molecule has 0 atom stereocenters. The fourth-order valence-electron chi connectivity index (χ4n) is 1.69. The Bertz CT molecular complexity index is 567. The van der Waals surface area contributed by atoms with Crippen molar-refractivity contribution >= 4 is 27.5 Å². The van der Waals surface area contributed by atoms with Gasteiger partial charge in [0.05, 0.1) is 17.7 Å². The van der Waals surface area contributed by atoms with Crippen LogP contribution in [0.3, 0.4) is 0 Å². The van der Waals surface area contributed by atoms with Gasteiger partial charge in [0, 0.05) is 17.1 Å². The van der Waals surface area contributed by atoms with Crippen LogP contribution in [0.2, 0.25) is 0 Å². The number of benzene rings is 1. The van der Waals surface area contributed by atoms with Crippen LogP contribution in [-0.4, -0.2) is 22.0 Å². The number of halogens is 1. The number of carbonyl (C=O) groups excluding carboxylic acids is 1. The molecule has 2 rings (SSSR count). The lowest BCUT2D eigenvalue weighted by Gasteiger charge is -2.07. The van der Waals surface area contributed by atoms with E-state index >= 15 is 0 Å². The summed E-state index contributed by atoms with van der Waals surface area (Å²) in [5.74, 6) is -0.0939. The normalized spacial score (nSPS) is 10.4. The highest BCUT2D eigenvalue weighted by molar-refractivity contribution is 9.10. The molecule has 100 valence electrons. The third kappa shape index (κ3) is 3.90. The highest BCUT2D eigenvalue weighted by Gasteiger charge is 2.06. The quantitative estimate of drug-likeness (QED) is 0.881. The minimum absolute atomic E-state index is 0.0939. The van der Waals surface area contributed by atoms with Gasteiger partial charge in [-0.2, -0.15) is 0 Å². The molecule has 1 heterocycles. The molecule has 0 aliphatic heterocycles. The number of nitrogens with zero attached hydrogens (tertiary/aromatic N) is 2. The predicted octanol–water partition coefficient (Wildman–Crippen LogP) is 1.79. The lowest BCUT2D eigenvalue weighted by atomic mass is 10.3. The SMILES string of the molecule is NCCc1cn(CC(=O)Nc2ccccc2Br)cn1. The van der Waals surface area contributed by atoms with Gasteiger partial charge >= 0.3 is 0 Å². The van der Waals surface area contributed by atoms with Crippen molar-refractivity contribution in [2.24, 2.45) is 5.73 Å². The maximum atomic E-state index is 11.9. The third-order valence-corrected chi connectivity index (χ3v) is 3.25. The maximum absolute atomic E-state index is 11.9. The van der Waals surface area contributed by atoms with E-state index in [1.165, 1.54) is 0 Å². The number of anilines is 1. The summed E-state index contributed by atoms with van der Waals surface area (Å²) in [5.41, 5.74) is 7.11. The zero-order valence-corrected chi connectivity index (χ0v) is 11.9. The number of amides is 1. The molecule has 19 heavy (non-hydrogen) atoms. The topological polar surface area (TPSA) is 72.9 Å². The van der Waals surface area contributed by atoms with Crippen molar-refractivity contribution < 1.29 is 4.79 Å². The molecule has 6 heteroatoms. The van der Waals surface area contributed by atoms with Crippen LogP contribution in [0, 0.1) is 0 Å². The maximum Gasteiger partial charge on any atom is 0.244 e. The predicted molar refractivity (Wildman–Crippen MR) is 77.8 cm³/mol. The average molecular weight is 323 g/mol. The molecular formula is C13H15BrN4O. The van der Waals surface area contributed by atoms with Crippen LogP contribution in [0.15, 0.2) is 41.3 Å². The minimum Gasteiger partial charge on any atom is -0.330 e. The molecule has 0 unspecified atom stereocenters. The van der Waals surface area contributed by atoms with E-state index in [2.05, 4.69) is 26.2 Å². The fourth-order valence-corrected chi connectivity index (χ4v) is 2.07. The molecular weight excluding hydrogens is 308 g/mol. The molecule has 0 saturated carbocycles. The van der Waals surface area contributed by atoms with E-state index in [1.54, 1.807) is 10.9 Å². The van der Waals surface area contributed by atoms with Crippen LogP contribution in [0.5, 0.6) is 0 Å². The number of nitrogens with two attached hydrogens (primary N) is 1. The smallest absolute Gasteiger partial charge is 0.244 e. The van der Waals surface area contributed by atoms with Crippen molar-refractivity contribution in [2.45, 2.75) is 13.0 Å². The Balaban J connectivity index is 1.95. The van der Waals surface area contributed by atoms with Crippen LogP contribution in [-0.2, 0) is 17.8 Å². The molecule has 1 amide bonds. The van der Waals surface area contributed by atoms with Gasteiger partial charge in [0.15, 0.2) is 0 Å². The molecule has 0 radical (unpaired) electrons. The van der Waals surface area contributed by atoms with E-state index in [1.807, 2.05) is 30.5 Å². The van der Waals surface area contributed by atoms with Crippen LogP contribution in [0.25, 0.3) is 0 Å². The molecule has 0 aliphatic carbocycles. The molecule has 2 aromatic rings. The van der Waals surface area contributed by atoms with Gasteiger partial charge < -0.3 is 15.6 Å². The molecule has 1 aromatic heterocycles. The summed E-state index contributed by atoms with van der Waals surface area (Å²) in [6, 6.07) is 7.49. The number of para-hydroxylation sites is 1. The first-order chi connectivity index (χ1) is 9.19. The summed E-state index contributed by atoms with van der Waals surface area (Å²) in [7, 11) is 0. The van der Waals surface area contributed by atoms with E-state index in [-0.39, 0.29) is 12.5 Å². The summed E-state index contributed by atoms with van der Waals surface area (Å²) >= 11 is 3.39. The second-order valence-electron chi connectivity index (χ2n) is 4.10. The van der Waals surface area contributed by atoms with E-state index in [0.717, 1.165) is 22.3 Å². The van der Waals surface area contributed by atoms with Gasteiger partial charge in [0.2, 0.25) is 5.91 Å². The highest BCUT2D eigenvalue weighted by atomic mass is 79.9. The first-order valence-electron chi connectivity index (χ1n) is 5.94. The van der Waals surface area contributed by atoms with Crippen molar-refractivity contribution in [1.29, 1.82) is 0 Å². The molecule has 3 N–H and O–H groups in total. The lowest BCUT2D eigenvalue weighted by Crippen LogP contribution is -2.18. The lowest BCUT2D eigenvalue weighted by molar-refractivity contribution is -0.116. The van der Waals surface area contributed by atoms with Crippen LogP contribution in [0.1, 0.15) is 5.69 Å². The average Bonchev–Trinajstić information content (AvgIpc) is 2.80. The molecule has 0 bridgehead atoms. The van der Waals surface area contributed by atoms with Crippen molar-refractivity contribution in [3.05, 3.63) is 47.0 Å². The number of nitrogens with one attached hydrogen (secondary N) is 1. The summed E-state index contributed by atoms with van der Waals surface area (Å²) in [6.07, 6.45) is 4.20. The second kappa shape index (κ2) is 6.49. The molecule has 0 spiro atoms. The Labute approximate surface area is 120 Å². The number of hydrogen-bond acceptors (Lipinski definition) is 3. The fraction of sp³-hybridized carbons (Fsp3) is 0.231. The van der Waals surface area contributed by atoms with Crippen molar-refractivity contribution in [2.75, 3.05) is 11.9 Å². The van der Waals surface area contributed by atoms with Crippen molar-refractivity contribution in [3.8, 4) is 0 Å². The Morgan fingerprint density at radius 3 is 2.95 bits per heavy atom. The van der Waals surface area contributed by atoms with E-state index in [9.17, 15) is 4.79 Å². The first-order valence-corrected chi connectivity index (χ1v) is 6.73. The van der Waals surface area contributed by atoms with Gasteiger partial charge in [-0.3, -0.25) is 4.79 Å². The van der Waals surface area contributed by atoms with Crippen molar-refractivity contribution in [3.63, 3.8) is 0 Å². The van der Waals surface area contributed by atoms with Gasteiger partial charge in [-0.25, -0.2) is 4.98 Å². The molecule has 0 aliphatic rings. The number of carbonyl (C=O) groups is 1. The van der Waals surface area contributed by atoms with Crippen molar-refractivity contribution in [1.82, 2.24) is 9.55 Å². The summed E-state index contributed by atoms with van der Waals surface area (Å²) in [6.45, 7) is 0.791. The largest absolute Gasteiger partial charge is 0.330 e. The monoisotopic (exact) mass is 322 g/mol. The van der Waals surface area contributed by atoms with E-state index < -0.39 is 0 Å². The Kier molecular flexibility index (Phi) is 4.70. The van der Waals surface area contributed by atoms with Gasteiger partial charge in [-0.15, -0.1) is 0 Å². The highest BCUT2D eigenvalue weighted by Crippen LogP contribution is 2.21. The zero-order chi connectivity index (χ0) is 13.7. The first kappa shape index (κ1) is 13.8. The van der Waals surface area contributed by atoms with E-state index in [0.29, 0.717) is 6.54 Å². The van der Waals surface area contributed by atoms with Gasteiger partial charge in [-0.05, 0) is 34.6 Å². The van der Waals surface area contributed by atoms with Crippen LogP contribution >= 0.6 is 15.9 Å². The second-order valence-corrected chi connectivity index (χ2v) is 4.96. The minimum atomic E-state index is -0.0939. The standard InChI is InChI=1S/C13H15BrN4O/c14-11-3-1-2-4-12(11)17-13(19)8-18-7-10(5-6-15)16-9-18/h1-4,7,9H,5-6,8,15H2,(H,17,19). The number of imidazole rings is 1. The zero-order valence-electron chi connectivity index (χ0n) is 10.3. The number of hydrogen-bond donors (Lipinski definition) is 2. The number of aromatic nitrogens is 2. The Morgan fingerprint density at radius 1 is 1.42 bits per heavy atom. The van der Waals surface area contributed by atoms with Crippen LogP contribution in [0.4, 0.5) is 5.69 Å². The summed E-state index contributed by atoms with van der Waals surface area (Å²) < 4.78 is 2.61. The summed E-state index contributed by atoms with van der Waals surface area (Å²) in [4.78, 5) is 16.1. The van der Waals surface area contributed by atoms with E-state index in [4.69, 9.17) is 5.73 Å². The Morgan fingerprint density at radius 2 is 2.21 bits per heavy atom. The molecule has 0 saturated heterocycles. The van der Waals surface area contributed by atoms with Gasteiger partial charge in [0.1, 0.15) is 6.54 Å². The van der Waals surface area contributed by atoms with Gasteiger partial charge in [-0.1, -0.05) is 12.1 Å². The Hall–Kier alpha value is -1.66.